The van der Waals surface area contributed by atoms with Gasteiger partial charge in [0.1, 0.15) is 5.01 Å². The third-order valence-corrected chi connectivity index (χ3v) is 7.62. The molecule has 0 radical (unpaired) electrons. The van der Waals surface area contributed by atoms with Gasteiger partial charge in [-0.2, -0.15) is 0 Å². The molecule has 144 valence electrons. The second-order valence-electron chi connectivity index (χ2n) is 7.30. The van der Waals surface area contributed by atoms with E-state index in [-0.39, 0.29) is 11.8 Å². The first kappa shape index (κ1) is 18.9. The minimum absolute atomic E-state index is 0.121. The summed E-state index contributed by atoms with van der Waals surface area (Å²) in [7, 11) is 0. The fraction of sp³-hybridized carbons (Fsp3) is 0.550. The van der Waals surface area contributed by atoms with Gasteiger partial charge in [0.05, 0.1) is 5.92 Å². The second kappa shape index (κ2) is 8.71. The van der Waals surface area contributed by atoms with E-state index in [2.05, 4.69) is 50.7 Å². The van der Waals surface area contributed by atoms with Crippen LogP contribution >= 0.6 is 23.1 Å². The number of fused-ring (bicyclic) bond motifs is 1. The summed E-state index contributed by atoms with van der Waals surface area (Å²) in [5.74, 6) is 1.32. The fourth-order valence-corrected chi connectivity index (χ4v) is 6.19. The van der Waals surface area contributed by atoms with Gasteiger partial charge >= 0.3 is 0 Å². The van der Waals surface area contributed by atoms with Crippen molar-refractivity contribution in [1.82, 2.24) is 20.4 Å². The molecule has 2 aromatic rings. The van der Waals surface area contributed by atoms with E-state index in [4.69, 9.17) is 0 Å². The molecule has 1 N–H and O–H groups in total. The number of aryl methyl sites for hydroxylation is 1. The predicted molar refractivity (Wildman–Crippen MR) is 110 cm³/mol. The summed E-state index contributed by atoms with van der Waals surface area (Å²) in [6.07, 6.45) is 4.25. The van der Waals surface area contributed by atoms with E-state index in [9.17, 15) is 4.79 Å². The molecule has 0 aliphatic carbocycles. The van der Waals surface area contributed by atoms with Gasteiger partial charge in [-0.1, -0.05) is 53.4 Å². The largest absolute Gasteiger partial charge is 0.356 e. The van der Waals surface area contributed by atoms with Crippen molar-refractivity contribution in [2.75, 3.05) is 18.8 Å². The van der Waals surface area contributed by atoms with Crippen LogP contribution < -0.4 is 5.32 Å². The number of nitrogens with zero attached hydrogens (tertiary/aromatic N) is 3. The van der Waals surface area contributed by atoms with Gasteiger partial charge in [0.2, 0.25) is 5.91 Å². The molecule has 2 fully saturated rings. The van der Waals surface area contributed by atoms with E-state index in [1.54, 1.807) is 23.1 Å². The van der Waals surface area contributed by atoms with E-state index in [0.29, 0.717) is 12.1 Å². The summed E-state index contributed by atoms with van der Waals surface area (Å²) in [6, 6.07) is 11.5. The minimum atomic E-state index is 0.121. The zero-order valence-electron chi connectivity index (χ0n) is 15.6. The number of benzene rings is 1. The van der Waals surface area contributed by atoms with Crippen LogP contribution in [0, 0.1) is 12.8 Å². The quantitative estimate of drug-likeness (QED) is 0.566. The number of thioether (sulfide) groups is 1. The van der Waals surface area contributed by atoms with E-state index in [1.165, 1.54) is 12.0 Å². The van der Waals surface area contributed by atoms with Crippen molar-refractivity contribution in [1.29, 1.82) is 0 Å². The maximum Gasteiger partial charge on any atom is 0.224 e. The van der Waals surface area contributed by atoms with Gasteiger partial charge in [0.15, 0.2) is 4.34 Å². The van der Waals surface area contributed by atoms with Gasteiger partial charge in [-0.3, -0.25) is 9.69 Å². The molecule has 4 rings (SSSR count). The van der Waals surface area contributed by atoms with Crippen LogP contribution in [0.25, 0.3) is 0 Å². The molecule has 1 aromatic heterocycles. The number of rotatable bonds is 7. The van der Waals surface area contributed by atoms with Gasteiger partial charge in [0, 0.05) is 24.4 Å². The van der Waals surface area contributed by atoms with Crippen LogP contribution in [0.4, 0.5) is 0 Å². The van der Waals surface area contributed by atoms with E-state index >= 15 is 0 Å². The first-order chi connectivity index (χ1) is 13.2. The molecule has 1 aromatic carbocycles. The topological polar surface area (TPSA) is 58.1 Å². The molecule has 5 nitrogen and oxygen atoms in total. The van der Waals surface area contributed by atoms with E-state index in [1.807, 2.05) is 6.92 Å². The lowest BCUT2D eigenvalue weighted by Gasteiger charge is -2.24. The van der Waals surface area contributed by atoms with Crippen molar-refractivity contribution in [2.45, 2.75) is 49.0 Å². The Kier molecular flexibility index (Phi) is 6.10. The summed E-state index contributed by atoms with van der Waals surface area (Å²) < 4.78 is 1.02. The zero-order chi connectivity index (χ0) is 18.6. The number of nitrogens with one attached hydrogen (secondary N) is 1. The van der Waals surface area contributed by atoms with Gasteiger partial charge in [-0.25, -0.2) is 0 Å². The number of aromatic nitrogens is 2. The first-order valence-electron chi connectivity index (χ1n) is 9.73. The number of carbonyl (C=O) groups is 1. The first-order valence-corrected chi connectivity index (χ1v) is 11.5. The third kappa shape index (κ3) is 4.36. The highest BCUT2D eigenvalue weighted by atomic mass is 32.2. The Bertz CT molecular complexity index is 766. The molecule has 3 heterocycles. The van der Waals surface area contributed by atoms with Crippen molar-refractivity contribution >= 4 is 29.0 Å². The molecule has 2 aliphatic heterocycles. The van der Waals surface area contributed by atoms with Gasteiger partial charge < -0.3 is 5.32 Å². The molecule has 7 heteroatoms. The summed E-state index contributed by atoms with van der Waals surface area (Å²) in [5, 5.41) is 12.3. The highest BCUT2D eigenvalue weighted by molar-refractivity contribution is 8.01. The predicted octanol–water partition coefficient (Wildman–Crippen LogP) is 3.67. The molecule has 2 saturated heterocycles. The molecule has 2 unspecified atom stereocenters. The molecule has 3 atom stereocenters. The van der Waals surface area contributed by atoms with Crippen LogP contribution in [0.15, 0.2) is 34.7 Å². The maximum atomic E-state index is 12.8. The Labute approximate surface area is 168 Å². The molecule has 0 saturated carbocycles. The molecular weight excluding hydrogens is 376 g/mol. The lowest BCUT2D eigenvalue weighted by atomic mass is 9.93. The SMILES string of the molecule is Cc1nnc(SCCCNC(=O)C2CC(c3ccccc3)N3CCC[C@@H]23)s1. The summed E-state index contributed by atoms with van der Waals surface area (Å²) in [4.78, 5) is 15.4. The highest BCUT2D eigenvalue weighted by Crippen LogP contribution is 2.44. The zero-order valence-corrected chi connectivity index (χ0v) is 17.3. The van der Waals surface area contributed by atoms with Crippen LogP contribution in [0.3, 0.4) is 0 Å². The number of hydrogen-bond acceptors (Lipinski definition) is 6. The lowest BCUT2D eigenvalue weighted by Crippen LogP contribution is -2.37. The minimum Gasteiger partial charge on any atom is -0.356 e. The van der Waals surface area contributed by atoms with Gasteiger partial charge in [-0.15, -0.1) is 10.2 Å². The summed E-state index contributed by atoms with van der Waals surface area (Å²) in [5.41, 5.74) is 1.35. The van der Waals surface area contributed by atoms with E-state index in [0.717, 1.165) is 47.5 Å². The standard InChI is InChI=1S/C20H26N4OS2/c1-14-22-23-20(27-14)26-12-6-10-21-19(25)16-13-18(15-7-3-2-4-8-15)24-11-5-9-17(16)24/h2-4,7-8,16-18H,5-6,9-13H2,1H3,(H,21,25)/t16?,17-,18?/m0/s1. The van der Waals surface area contributed by atoms with Crippen LogP contribution in [0.2, 0.25) is 0 Å². The summed E-state index contributed by atoms with van der Waals surface area (Å²) in [6.45, 7) is 3.83. The Hall–Kier alpha value is -1.44. The Morgan fingerprint density at radius 3 is 2.96 bits per heavy atom. The lowest BCUT2D eigenvalue weighted by molar-refractivity contribution is -0.125. The van der Waals surface area contributed by atoms with Gasteiger partial charge in [0.25, 0.3) is 0 Å². The van der Waals surface area contributed by atoms with Crippen molar-refractivity contribution in [3.05, 3.63) is 40.9 Å². The van der Waals surface area contributed by atoms with Gasteiger partial charge in [-0.05, 0) is 44.7 Å². The molecule has 1 amide bonds. The smallest absolute Gasteiger partial charge is 0.224 e. The molecule has 27 heavy (non-hydrogen) atoms. The molecule has 0 bridgehead atoms. The van der Waals surface area contributed by atoms with Crippen LogP contribution in [0.1, 0.15) is 42.3 Å². The van der Waals surface area contributed by atoms with Crippen molar-refractivity contribution in [3.8, 4) is 0 Å². The fourth-order valence-electron chi connectivity index (χ4n) is 4.36. The summed E-state index contributed by atoms with van der Waals surface area (Å²) >= 11 is 3.35. The second-order valence-corrected chi connectivity index (χ2v) is 9.82. The Balaban J connectivity index is 1.27. The highest BCUT2D eigenvalue weighted by Gasteiger charge is 2.46. The van der Waals surface area contributed by atoms with Crippen LogP contribution in [-0.2, 0) is 4.79 Å². The maximum absolute atomic E-state index is 12.8. The third-order valence-electron chi connectivity index (χ3n) is 5.56. The van der Waals surface area contributed by atoms with Crippen LogP contribution in [-0.4, -0.2) is 45.9 Å². The Morgan fingerprint density at radius 2 is 2.19 bits per heavy atom. The molecule has 2 aliphatic rings. The number of carbonyl (C=O) groups excluding carboxylic acids is 1. The van der Waals surface area contributed by atoms with Crippen molar-refractivity contribution < 1.29 is 4.79 Å². The molecular formula is C20H26N4OS2. The number of amides is 1. The molecule has 0 spiro atoms. The normalized spacial score (nSPS) is 24.9. The van der Waals surface area contributed by atoms with Crippen LogP contribution in [0.5, 0.6) is 0 Å². The number of hydrogen-bond donors (Lipinski definition) is 1. The van der Waals surface area contributed by atoms with Crippen molar-refractivity contribution in [2.24, 2.45) is 5.92 Å². The average Bonchev–Trinajstić information content (AvgIpc) is 3.38. The van der Waals surface area contributed by atoms with E-state index < -0.39 is 0 Å². The Morgan fingerprint density at radius 1 is 1.33 bits per heavy atom. The monoisotopic (exact) mass is 402 g/mol. The average molecular weight is 403 g/mol. The van der Waals surface area contributed by atoms with Crippen molar-refractivity contribution in [3.63, 3.8) is 0 Å².